The van der Waals surface area contributed by atoms with Crippen LogP contribution >= 0.6 is 0 Å². The van der Waals surface area contributed by atoms with Gasteiger partial charge in [-0.25, -0.2) is 14.6 Å². The summed E-state index contributed by atoms with van der Waals surface area (Å²) in [7, 11) is 0. The molecule has 29 heavy (non-hydrogen) atoms. The van der Waals surface area contributed by atoms with Crippen LogP contribution in [0.5, 0.6) is 0 Å². The normalized spacial score (nSPS) is 16.3. The molecule has 0 saturated carbocycles. The number of aryl methyl sites for hydroxylation is 1. The number of fused-ring (bicyclic) bond motifs is 3. The topological polar surface area (TPSA) is 98.3 Å². The summed E-state index contributed by atoms with van der Waals surface area (Å²) in [6.45, 7) is 0. The minimum Gasteiger partial charge on any atom is -0.383 e. The highest BCUT2D eigenvalue weighted by Gasteiger charge is 2.25. The summed E-state index contributed by atoms with van der Waals surface area (Å²) < 4.78 is 2.05. The number of benzene rings is 2. The zero-order valence-electron chi connectivity index (χ0n) is 15.7. The second-order valence-electron chi connectivity index (χ2n) is 7.59. The molecule has 2 aromatic carbocycles. The highest BCUT2D eigenvalue weighted by molar-refractivity contribution is 5.99. The van der Waals surface area contributed by atoms with E-state index >= 15 is 0 Å². The van der Waals surface area contributed by atoms with Gasteiger partial charge in [0, 0.05) is 10.9 Å². The summed E-state index contributed by atoms with van der Waals surface area (Å²) in [5, 5.41) is 14.0. The number of nitrogen functional groups attached to an aromatic ring is 1. The molecule has 0 bridgehead atoms. The molecule has 3 N–H and O–H groups in total. The molecule has 1 atom stereocenters. The van der Waals surface area contributed by atoms with Crippen molar-refractivity contribution in [3.8, 4) is 11.3 Å². The molecule has 0 fully saturated rings. The zero-order chi connectivity index (χ0) is 19.4. The molecule has 5 aromatic rings. The standard InChI is InChI=1S/C22H19N7/c23-21-19-20(15-5-6-16-11-26-27-18(16)10-15)28-29(22(19)25-12-24-21)17-8-7-13-3-1-2-4-14(13)9-17/h1-6,10-12,17H,7-9H2,(H,26,27)(H2,23,24,25). The fourth-order valence-electron chi connectivity index (χ4n) is 4.42. The highest BCUT2D eigenvalue weighted by Crippen LogP contribution is 2.36. The van der Waals surface area contributed by atoms with Crippen molar-refractivity contribution in [3.63, 3.8) is 0 Å². The van der Waals surface area contributed by atoms with Crippen molar-refractivity contribution < 1.29 is 0 Å². The minimum absolute atomic E-state index is 0.242. The van der Waals surface area contributed by atoms with Gasteiger partial charge in [0.25, 0.3) is 0 Å². The van der Waals surface area contributed by atoms with E-state index in [1.165, 1.54) is 17.5 Å². The molecular weight excluding hydrogens is 362 g/mol. The average Bonchev–Trinajstić information content (AvgIpc) is 3.38. The highest BCUT2D eigenvalue weighted by atomic mass is 15.3. The number of aromatic nitrogens is 6. The Morgan fingerprint density at radius 1 is 1.07 bits per heavy atom. The van der Waals surface area contributed by atoms with Crippen LogP contribution in [0.3, 0.4) is 0 Å². The van der Waals surface area contributed by atoms with Crippen LogP contribution < -0.4 is 5.73 Å². The molecule has 142 valence electrons. The number of hydrogen-bond acceptors (Lipinski definition) is 5. The molecular formula is C22H19N7. The molecule has 7 nitrogen and oxygen atoms in total. The van der Waals surface area contributed by atoms with E-state index in [1.54, 1.807) is 0 Å². The third-order valence-corrected chi connectivity index (χ3v) is 5.90. The van der Waals surface area contributed by atoms with Crippen LogP contribution in [0, 0.1) is 0 Å². The molecule has 3 heterocycles. The first-order valence-corrected chi connectivity index (χ1v) is 9.77. The molecule has 0 aliphatic heterocycles. The van der Waals surface area contributed by atoms with Gasteiger partial charge < -0.3 is 5.73 Å². The number of rotatable bonds is 2. The van der Waals surface area contributed by atoms with E-state index in [0.717, 1.165) is 52.5 Å². The SMILES string of the molecule is Nc1ncnc2c1c(-c1ccc3cn[nH]c3c1)nn2C1CCc2ccccc2C1. The molecule has 6 rings (SSSR count). The third-order valence-electron chi connectivity index (χ3n) is 5.90. The first-order valence-electron chi connectivity index (χ1n) is 9.77. The van der Waals surface area contributed by atoms with Gasteiger partial charge in [-0.2, -0.15) is 10.2 Å². The Morgan fingerprint density at radius 3 is 2.90 bits per heavy atom. The smallest absolute Gasteiger partial charge is 0.164 e. The minimum atomic E-state index is 0.242. The largest absolute Gasteiger partial charge is 0.383 e. The Bertz CT molecular complexity index is 1360. The van der Waals surface area contributed by atoms with Crippen molar-refractivity contribution in [2.45, 2.75) is 25.3 Å². The van der Waals surface area contributed by atoms with Crippen molar-refractivity contribution in [1.29, 1.82) is 0 Å². The lowest BCUT2D eigenvalue weighted by molar-refractivity contribution is 0.415. The lowest BCUT2D eigenvalue weighted by Crippen LogP contribution is -2.20. The number of nitrogens with zero attached hydrogens (tertiary/aromatic N) is 5. The lowest BCUT2D eigenvalue weighted by Gasteiger charge is -2.25. The molecule has 0 saturated heterocycles. The van der Waals surface area contributed by atoms with Crippen LogP contribution in [0.1, 0.15) is 23.6 Å². The van der Waals surface area contributed by atoms with E-state index < -0.39 is 0 Å². The number of hydrogen-bond donors (Lipinski definition) is 2. The molecule has 1 aliphatic carbocycles. The van der Waals surface area contributed by atoms with Crippen LogP contribution in [0.4, 0.5) is 5.82 Å². The van der Waals surface area contributed by atoms with Gasteiger partial charge in [-0.1, -0.05) is 36.4 Å². The second-order valence-corrected chi connectivity index (χ2v) is 7.59. The average molecular weight is 381 g/mol. The van der Waals surface area contributed by atoms with E-state index in [0.29, 0.717) is 5.82 Å². The van der Waals surface area contributed by atoms with Crippen LogP contribution in [0.25, 0.3) is 33.2 Å². The fourth-order valence-corrected chi connectivity index (χ4v) is 4.42. The summed E-state index contributed by atoms with van der Waals surface area (Å²) in [6.07, 6.45) is 6.34. The summed E-state index contributed by atoms with van der Waals surface area (Å²) in [6, 6.07) is 15.0. The Balaban J connectivity index is 1.53. The predicted molar refractivity (Wildman–Crippen MR) is 112 cm³/mol. The number of nitrogens with one attached hydrogen (secondary N) is 1. The van der Waals surface area contributed by atoms with Crippen molar-refractivity contribution >= 4 is 27.8 Å². The Morgan fingerprint density at radius 2 is 1.97 bits per heavy atom. The molecule has 0 radical (unpaired) electrons. The summed E-state index contributed by atoms with van der Waals surface area (Å²) in [5.41, 5.74) is 12.6. The number of nitrogens with two attached hydrogens (primary N) is 1. The van der Waals surface area contributed by atoms with Crippen molar-refractivity contribution in [3.05, 3.63) is 66.1 Å². The Hall–Kier alpha value is -3.74. The van der Waals surface area contributed by atoms with E-state index in [4.69, 9.17) is 10.8 Å². The summed E-state index contributed by atoms with van der Waals surface area (Å²) in [4.78, 5) is 8.79. The lowest BCUT2D eigenvalue weighted by atomic mass is 9.88. The van der Waals surface area contributed by atoms with Crippen LogP contribution in [-0.4, -0.2) is 29.9 Å². The van der Waals surface area contributed by atoms with Crippen LogP contribution in [0.2, 0.25) is 0 Å². The quantitative estimate of drug-likeness (QED) is 0.486. The molecule has 1 aliphatic rings. The zero-order valence-corrected chi connectivity index (χ0v) is 15.7. The first kappa shape index (κ1) is 16.2. The maximum Gasteiger partial charge on any atom is 0.164 e. The molecule has 1 unspecified atom stereocenters. The second kappa shape index (κ2) is 6.13. The molecule has 0 amide bonds. The summed E-state index contributed by atoms with van der Waals surface area (Å²) in [5.74, 6) is 0.456. The number of anilines is 1. The Labute approximate surface area is 166 Å². The third kappa shape index (κ3) is 2.51. The Kier molecular flexibility index (Phi) is 3.43. The van der Waals surface area contributed by atoms with E-state index in [2.05, 4.69) is 55.2 Å². The predicted octanol–water partition coefficient (Wildman–Crippen LogP) is 3.68. The van der Waals surface area contributed by atoms with Gasteiger partial charge in [-0.15, -0.1) is 0 Å². The monoisotopic (exact) mass is 381 g/mol. The van der Waals surface area contributed by atoms with Crippen LogP contribution in [0.15, 0.2) is 55.0 Å². The molecule has 0 spiro atoms. The van der Waals surface area contributed by atoms with Gasteiger partial charge >= 0.3 is 0 Å². The van der Waals surface area contributed by atoms with Crippen molar-refractivity contribution in [2.24, 2.45) is 0 Å². The number of aromatic amines is 1. The van der Waals surface area contributed by atoms with E-state index in [1.807, 2.05) is 18.3 Å². The summed E-state index contributed by atoms with van der Waals surface area (Å²) >= 11 is 0. The maximum atomic E-state index is 6.28. The van der Waals surface area contributed by atoms with E-state index in [-0.39, 0.29) is 6.04 Å². The van der Waals surface area contributed by atoms with Gasteiger partial charge in [0.15, 0.2) is 5.65 Å². The van der Waals surface area contributed by atoms with Gasteiger partial charge in [0.1, 0.15) is 17.8 Å². The molecule has 3 aromatic heterocycles. The fraction of sp³-hybridized carbons (Fsp3) is 0.182. The van der Waals surface area contributed by atoms with Crippen molar-refractivity contribution in [2.75, 3.05) is 5.73 Å². The molecule has 7 heteroatoms. The van der Waals surface area contributed by atoms with Gasteiger partial charge in [0.05, 0.1) is 23.1 Å². The van der Waals surface area contributed by atoms with E-state index in [9.17, 15) is 0 Å². The van der Waals surface area contributed by atoms with Crippen molar-refractivity contribution in [1.82, 2.24) is 29.9 Å². The maximum absolute atomic E-state index is 6.28. The van der Waals surface area contributed by atoms with Gasteiger partial charge in [-0.05, 0) is 36.5 Å². The number of H-pyrrole nitrogens is 1. The van der Waals surface area contributed by atoms with Gasteiger partial charge in [0.2, 0.25) is 0 Å². The van der Waals surface area contributed by atoms with Crippen LogP contribution in [-0.2, 0) is 12.8 Å². The van der Waals surface area contributed by atoms with Gasteiger partial charge in [-0.3, -0.25) is 5.10 Å². The first-order chi connectivity index (χ1) is 14.3.